The predicted octanol–water partition coefficient (Wildman–Crippen LogP) is 1.51. The fraction of sp³-hybridized carbons (Fsp3) is 0.571. The van der Waals surface area contributed by atoms with Crippen LogP contribution in [-0.2, 0) is 4.74 Å². The van der Waals surface area contributed by atoms with Gasteiger partial charge in [0.25, 0.3) is 0 Å². The second-order valence-corrected chi connectivity index (χ2v) is 3.11. The Hall–Kier alpha value is -0.390. The van der Waals surface area contributed by atoms with Gasteiger partial charge in [-0.3, -0.25) is 5.10 Å². The van der Waals surface area contributed by atoms with Gasteiger partial charge in [-0.2, -0.15) is 5.10 Å². The molecule has 2 N–H and O–H groups in total. The van der Waals surface area contributed by atoms with Crippen LogP contribution in [0.1, 0.15) is 24.5 Å². The van der Waals surface area contributed by atoms with Crippen molar-refractivity contribution in [1.29, 1.82) is 0 Å². The van der Waals surface area contributed by atoms with E-state index < -0.39 is 6.29 Å². The second-order valence-electron chi connectivity index (χ2n) is 2.36. The van der Waals surface area contributed by atoms with Crippen molar-refractivity contribution in [2.24, 2.45) is 0 Å². The minimum absolute atomic E-state index is 0.469. The molecule has 12 heavy (non-hydrogen) atoms. The first kappa shape index (κ1) is 9.70. The first-order chi connectivity index (χ1) is 5.66. The Morgan fingerprint density at radius 1 is 1.75 bits per heavy atom. The van der Waals surface area contributed by atoms with Gasteiger partial charge in [-0.05, 0) is 29.8 Å². The largest absolute Gasteiger partial charge is 0.363 e. The van der Waals surface area contributed by atoms with Crippen molar-refractivity contribution in [2.75, 3.05) is 6.61 Å². The summed E-state index contributed by atoms with van der Waals surface area (Å²) in [5.41, 5.74) is 1.47. The highest BCUT2D eigenvalue weighted by Crippen LogP contribution is 2.21. The lowest BCUT2D eigenvalue weighted by molar-refractivity contribution is -0.101. The van der Waals surface area contributed by atoms with Crippen LogP contribution in [-0.4, -0.2) is 21.9 Å². The van der Waals surface area contributed by atoms with Gasteiger partial charge in [0.2, 0.25) is 0 Å². The van der Waals surface area contributed by atoms with Gasteiger partial charge in [-0.1, -0.05) is 0 Å². The van der Waals surface area contributed by atoms with Crippen molar-refractivity contribution in [3.05, 3.63) is 15.9 Å². The third-order valence-corrected chi connectivity index (χ3v) is 2.33. The summed E-state index contributed by atoms with van der Waals surface area (Å²) < 4.78 is 5.69. The van der Waals surface area contributed by atoms with Gasteiger partial charge in [0.1, 0.15) is 4.60 Å². The zero-order chi connectivity index (χ0) is 9.14. The molecule has 0 aliphatic carbocycles. The minimum atomic E-state index is -0.909. The number of aliphatic hydroxyl groups is 1. The molecule has 0 saturated heterocycles. The molecule has 0 bridgehead atoms. The average molecular weight is 235 g/mol. The zero-order valence-corrected chi connectivity index (χ0v) is 8.55. The second kappa shape index (κ2) is 4.02. The molecule has 0 aliphatic rings. The summed E-state index contributed by atoms with van der Waals surface area (Å²) in [6, 6.07) is 0. The molecule has 68 valence electrons. The highest BCUT2D eigenvalue weighted by Gasteiger charge is 2.14. The normalized spacial score (nSPS) is 13.3. The van der Waals surface area contributed by atoms with E-state index in [9.17, 15) is 5.11 Å². The lowest BCUT2D eigenvalue weighted by atomic mass is 10.3. The molecule has 0 aromatic carbocycles. The number of hydrogen-bond acceptors (Lipinski definition) is 3. The Labute approximate surface area is 79.1 Å². The van der Waals surface area contributed by atoms with Crippen LogP contribution < -0.4 is 0 Å². The number of halogens is 1. The molecule has 0 spiro atoms. The van der Waals surface area contributed by atoms with Crippen molar-refractivity contribution in [2.45, 2.75) is 20.1 Å². The van der Waals surface area contributed by atoms with Gasteiger partial charge < -0.3 is 9.84 Å². The Balaban J connectivity index is 2.80. The highest BCUT2D eigenvalue weighted by molar-refractivity contribution is 9.10. The standard InChI is InChI=1S/C7H11BrN2O2/c1-3-12-7(11)5-4(2)6(8)10-9-5/h7,11H,3H2,1-2H3,(H,9,10). The van der Waals surface area contributed by atoms with Crippen LogP contribution in [0.4, 0.5) is 0 Å². The first-order valence-electron chi connectivity index (χ1n) is 3.66. The quantitative estimate of drug-likeness (QED) is 0.780. The summed E-state index contributed by atoms with van der Waals surface area (Å²) in [5, 5.41) is 16.0. The number of H-pyrrole nitrogens is 1. The molecule has 0 aliphatic heterocycles. The van der Waals surface area contributed by atoms with Gasteiger partial charge in [0, 0.05) is 12.2 Å². The Morgan fingerprint density at radius 3 is 2.83 bits per heavy atom. The molecule has 0 radical (unpaired) electrons. The van der Waals surface area contributed by atoms with E-state index in [2.05, 4.69) is 26.1 Å². The fourth-order valence-corrected chi connectivity index (χ4v) is 1.17. The molecule has 5 heteroatoms. The van der Waals surface area contributed by atoms with Crippen molar-refractivity contribution in [3.8, 4) is 0 Å². The van der Waals surface area contributed by atoms with Gasteiger partial charge in [0.15, 0.2) is 6.29 Å². The van der Waals surface area contributed by atoms with E-state index in [1.165, 1.54) is 0 Å². The number of nitrogens with zero attached hydrogens (tertiary/aromatic N) is 1. The fourth-order valence-electron chi connectivity index (χ4n) is 0.870. The van der Waals surface area contributed by atoms with Crippen LogP contribution in [0.25, 0.3) is 0 Å². The summed E-state index contributed by atoms with van der Waals surface area (Å²) in [5.74, 6) is 0. The first-order valence-corrected chi connectivity index (χ1v) is 4.46. The number of hydrogen-bond donors (Lipinski definition) is 2. The SMILES string of the molecule is CCOC(O)c1[nH]nc(Br)c1C. The molecule has 1 aromatic heterocycles. The van der Waals surface area contributed by atoms with Crippen LogP contribution in [0.15, 0.2) is 4.60 Å². The topological polar surface area (TPSA) is 58.1 Å². The predicted molar refractivity (Wildman–Crippen MR) is 47.6 cm³/mol. The van der Waals surface area contributed by atoms with Crippen molar-refractivity contribution >= 4 is 15.9 Å². The lowest BCUT2D eigenvalue weighted by Gasteiger charge is -2.08. The number of ether oxygens (including phenoxy) is 1. The highest BCUT2D eigenvalue weighted by atomic mass is 79.9. The summed E-state index contributed by atoms with van der Waals surface area (Å²) in [6.45, 7) is 4.15. The maximum absolute atomic E-state index is 9.40. The molecule has 4 nitrogen and oxygen atoms in total. The molecular weight excluding hydrogens is 224 g/mol. The van der Waals surface area contributed by atoms with E-state index in [1.807, 2.05) is 13.8 Å². The van der Waals surface area contributed by atoms with E-state index in [0.29, 0.717) is 16.9 Å². The molecular formula is C7H11BrN2O2. The average Bonchev–Trinajstić information content (AvgIpc) is 2.34. The number of aromatic nitrogens is 2. The summed E-state index contributed by atoms with van der Waals surface area (Å²) in [6.07, 6.45) is -0.909. The smallest absolute Gasteiger partial charge is 0.198 e. The van der Waals surface area contributed by atoms with E-state index in [0.717, 1.165) is 5.56 Å². The van der Waals surface area contributed by atoms with E-state index in [-0.39, 0.29) is 0 Å². The number of aromatic amines is 1. The van der Waals surface area contributed by atoms with E-state index in [1.54, 1.807) is 0 Å². The molecule has 1 heterocycles. The van der Waals surface area contributed by atoms with Gasteiger partial charge >= 0.3 is 0 Å². The zero-order valence-electron chi connectivity index (χ0n) is 6.97. The maximum atomic E-state index is 9.40. The van der Waals surface area contributed by atoms with Crippen LogP contribution in [0, 0.1) is 6.92 Å². The molecule has 0 amide bonds. The van der Waals surface area contributed by atoms with E-state index in [4.69, 9.17) is 4.74 Å². The molecule has 1 rings (SSSR count). The molecule has 1 atom stereocenters. The summed E-state index contributed by atoms with van der Waals surface area (Å²) in [4.78, 5) is 0. The van der Waals surface area contributed by atoms with Crippen molar-refractivity contribution in [1.82, 2.24) is 10.2 Å². The number of aliphatic hydroxyl groups excluding tert-OH is 1. The Morgan fingerprint density at radius 2 is 2.42 bits per heavy atom. The summed E-state index contributed by atoms with van der Waals surface area (Å²) in [7, 11) is 0. The Kier molecular flexibility index (Phi) is 3.25. The molecule has 0 fully saturated rings. The third kappa shape index (κ3) is 1.85. The number of rotatable bonds is 3. The Bertz CT molecular complexity index is 262. The lowest BCUT2D eigenvalue weighted by Crippen LogP contribution is -2.04. The maximum Gasteiger partial charge on any atom is 0.198 e. The monoisotopic (exact) mass is 234 g/mol. The number of nitrogens with one attached hydrogen (secondary N) is 1. The van der Waals surface area contributed by atoms with Crippen LogP contribution in [0.3, 0.4) is 0 Å². The van der Waals surface area contributed by atoms with Gasteiger partial charge in [0.05, 0.1) is 5.69 Å². The summed E-state index contributed by atoms with van der Waals surface area (Å²) >= 11 is 3.23. The van der Waals surface area contributed by atoms with Crippen molar-refractivity contribution in [3.63, 3.8) is 0 Å². The van der Waals surface area contributed by atoms with E-state index >= 15 is 0 Å². The minimum Gasteiger partial charge on any atom is -0.363 e. The van der Waals surface area contributed by atoms with Gasteiger partial charge in [-0.15, -0.1) is 0 Å². The van der Waals surface area contributed by atoms with Crippen molar-refractivity contribution < 1.29 is 9.84 Å². The van der Waals surface area contributed by atoms with Gasteiger partial charge in [-0.25, -0.2) is 0 Å². The van der Waals surface area contributed by atoms with Crippen LogP contribution in [0.5, 0.6) is 0 Å². The molecule has 0 saturated carbocycles. The third-order valence-electron chi connectivity index (χ3n) is 1.56. The van der Waals surface area contributed by atoms with Crippen LogP contribution in [0.2, 0.25) is 0 Å². The van der Waals surface area contributed by atoms with Crippen LogP contribution >= 0.6 is 15.9 Å². The molecule has 1 aromatic rings. The molecule has 1 unspecified atom stereocenters.